The highest BCUT2D eigenvalue weighted by Gasteiger charge is 2.30. The van der Waals surface area contributed by atoms with Gasteiger partial charge in [0.15, 0.2) is 6.61 Å². The van der Waals surface area contributed by atoms with Crippen LogP contribution in [0.25, 0.3) is 6.08 Å². The Balaban J connectivity index is 1.32. The topological polar surface area (TPSA) is 117 Å². The zero-order valence-corrected chi connectivity index (χ0v) is 19.4. The molecule has 0 saturated heterocycles. The average molecular weight is 488 g/mol. The van der Waals surface area contributed by atoms with Crippen molar-refractivity contribution in [3.05, 3.63) is 95.6 Å². The number of amides is 1. The minimum absolute atomic E-state index is 0.158. The molecule has 35 heavy (non-hydrogen) atoms. The Labute approximate surface area is 203 Å². The van der Waals surface area contributed by atoms with Gasteiger partial charge in [-0.2, -0.15) is 5.26 Å². The number of nitrogens with one attached hydrogen (secondary N) is 1. The van der Waals surface area contributed by atoms with Crippen molar-refractivity contribution < 1.29 is 22.7 Å². The lowest BCUT2D eigenvalue weighted by Crippen LogP contribution is -2.29. The number of nitriles is 1. The van der Waals surface area contributed by atoms with Crippen LogP contribution in [0.1, 0.15) is 16.7 Å². The van der Waals surface area contributed by atoms with Gasteiger partial charge in [0.05, 0.1) is 22.2 Å². The molecule has 4 rings (SSSR count). The van der Waals surface area contributed by atoms with Crippen molar-refractivity contribution in [1.82, 2.24) is 0 Å². The second-order valence-corrected chi connectivity index (χ2v) is 9.57. The van der Waals surface area contributed by atoms with Gasteiger partial charge in [0, 0.05) is 18.3 Å². The largest absolute Gasteiger partial charge is 0.452 e. The number of rotatable bonds is 7. The van der Waals surface area contributed by atoms with E-state index in [0.29, 0.717) is 35.5 Å². The number of para-hydroxylation sites is 1. The SMILES string of the molecule is N#Cc1cccc(NC(=O)COC(=O)/C=C/c2ccc(S(=O)(=O)N3CCc4ccccc43)cc2)c1. The first kappa shape index (κ1) is 23.7. The van der Waals surface area contributed by atoms with Crippen LogP contribution in [0.4, 0.5) is 11.4 Å². The highest BCUT2D eigenvalue weighted by Crippen LogP contribution is 2.32. The molecular weight excluding hydrogens is 466 g/mol. The number of esters is 1. The van der Waals surface area contributed by atoms with Gasteiger partial charge in [0.2, 0.25) is 0 Å². The van der Waals surface area contributed by atoms with Crippen LogP contribution in [0.2, 0.25) is 0 Å². The number of nitrogens with zero attached hydrogens (tertiary/aromatic N) is 2. The zero-order valence-electron chi connectivity index (χ0n) is 18.5. The first-order chi connectivity index (χ1) is 16.9. The van der Waals surface area contributed by atoms with Crippen LogP contribution in [0.5, 0.6) is 0 Å². The van der Waals surface area contributed by atoms with E-state index in [0.717, 1.165) is 11.6 Å². The minimum Gasteiger partial charge on any atom is -0.452 e. The van der Waals surface area contributed by atoms with Gasteiger partial charge in [-0.05, 0) is 60.0 Å². The summed E-state index contributed by atoms with van der Waals surface area (Å²) in [6.07, 6.45) is 3.30. The highest BCUT2D eigenvalue weighted by molar-refractivity contribution is 7.92. The van der Waals surface area contributed by atoms with Crippen molar-refractivity contribution in [3.63, 3.8) is 0 Å². The summed E-state index contributed by atoms with van der Waals surface area (Å²) in [6.45, 7) is -0.0963. The Kier molecular flexibility index (Phi) is 6.94. The Bertz CT molecular complexity index is 1440. The van der Waals surface area contributed by atoms with Crippen LogP contribution in [-0.4, -0.2) is 33.4 Å². The second-order valence-electron chi connectivity index (χ2n) is 7.71. The van der Waals surface area contributed by atoms with Gasteiger partial charge in [-0.15, -0.1) is 0 Å². The molecule has 1 amide bonds. The lowest BCUT2D eigenvalue weighted by Gasteiger charge is -2.19. The molecule has 0 aromatic heterocycles. The van der Waals surface area contributed by atoms with Crippen molar-refractivity contribution in [2.45, 2.75) is 11.3 Å². The molecule has 0 radical (unpaired) electrons. The van der Waals surface area contributed by atoms with Crippen molar-refractivity contribution >= 4 is 39.4 Å². The van der Waals surface area contributed by atoms with Crippen molar-refractivity contribution in [3.8, 4) is 6.07 Å². The third-order valence-corrected chi connectivity index (χ3v) is 7.17. The minimum atomic E-state index is -3.69. The molecule has 9 heteroatoms. The monoisotopic (exact) mass is 487 g/mol. The number of fused-ring (bicyclic) bond motifs is 1. The Morgan fingerprint density at radius 1 is 1.06 bits per heavy atom. The van der Waals surface area contributed by atoms with Crippen LogP contribution in [-0.2, 0) is 30.8 Å². The summed E-state index contributed by atoms with van der Waals surface area (Å²) >= 11 is 0. The molecular formula is C26H21N3O5S. The molecule has 3 aromatic rings. The first-order valence-electron chi connectivity index (χ1n) is 10.7. The van der Waals surface area contributed by atoms with Crippen LogP contribution < -0.4 is 9.62 Å². The fourth-order valence-electron chi connectivity index (χ4n) is 3.65. The van der Waals surface area contributed by atoms with E-state index in [2.05, 4.69) is 5.32 Å². The summed E-state index contributed by atoms with van der Waals surface area (Å²) in [7, 11) is -3.69. The fraction of sp³-hybridized carbons (Fsp3) is 0.115. The predicted molar refractivity (Wildman–Crippen MR) is 131 cm³/mol. The van der Waals surface area contributed by atoms with Crippen LogP contribution in [0, 0.1) is 11.3 Å². The first-order valence-corrected chi connectivity index (χ1v) is 12.2. The molecule has 1 heterocycles. The van der Waals surface area contributed by atoms with Crippen molar-refractivity contribution in [1.29, 1.82) is 5.26 Å². The normalized spacial score (nSPS) is 12.7. The number of carbonyl (C=O) groups excluding carboxylic acids is 2. The zero-order chi connectivity index (χ0) is 24.8. The van der Waals surface area contributed by atoms with Gasteiger partial charge in [0.25, 0.3) is 15.9 Å². The molecule has 176 valence electrons. The number of sulfonamides is 1. The van der Waals surface area contributed by atoms with E-state index in [1.54, 1.807) is 36.4 Å². The summed E-state index contributed by atoms with van der Waals surface area (Å²) < 4.78 is 32.5. The highest BCUT2D eigenvalue weighted by atomic mass is 32.2. The number of anilines is 2. The Hall–Kier alpha value is -4.42. The standard InChI is InChI=1S/C26H21N3O5S/c27-17-20-4-3-6-22(16-20)28-25(30)18-34-26(31)13-10-19-8-11-23(12-9-19)35(32,33)29-15-14-21-5-1-2-7-24(21)29/h1-13,16H,14-15,18H2,(H,28,30)/b13-10+. The molecule has 0 spiro atoms. The van der Waals surface area contributed by atoms with Crippen LogP contribution in [0.3, 0.4) is 0 Å². The number of benzene rings is 3. The molecule has 0 unspecified atom stereocenters. The Morgan fingerprint density at radius 2 is 1.83 bits per heavy atom. The smallest absolute Gasteiger partial charge is 0.331 e. The van der Waals surface area contributed by atoms with E-state index in [1.807, 2.05) is 24.3 Å². The van der Waals surface area contributed by atoms with E-state index in [4.69, 9.17) is 10.00 Å². The van der Waals surface area contributed by atoms with E-state index < -0.39 is 28.5 Å². The molecule has 0 bridgehead atoms. The molecule has 1 N–H and O–H groups in total. The number of hydrogen-bond donors (Lipinski definition) is 1. The molecule has 1 aliphatic rings. The quantitative estimate of drug-likeness (QED) is 0.403. The van der Waals surface area contributed by atoms with Gasteiger partial charge < -0.3 is 10.1 Å². The molecule has 8 nitrogen and oxygen atoms in total. The van der Waals surface area contributed by atoms with E-state index in [1.165, 1.54) is 28.6 Å². The molecule has 0 atom stereocenters. The maximum absolute atomic E-state index is 13.1. The molecule has 0 aliphatic carbocycles. The van der Waals surface area contributed by atoms with Gasteiger partial charge in [-0.3, -0.25) is 9.10 Å². The third-order valence-electron chi connectivity index (χ3n) is 5.35. The summed E-state index contributed by atoms with van der Waals surface area (Å²) in [5.41, 5.74) is 3.11. The van der Waals surface area contributed by atoms with Gasteiger partial charge >= 0.3 is 5.97 Å². The lowest BCUT2D eigenvalue weighted by molar-refractivity contribution is -0.142. The maximum Gasteiger partial charge on any atom is 0.331 e. The third kappa shape index (κ3) is 5.57. The van der Waals surface area contributed by atoms with E-state index in [-0.39, 0.29) is 4.90 Å². The molecule has 0 fully saturated rings. The van der Waals surface area contributed by atoms with Gasteiger partial charge in [-0.25, -0.2) is 13.2 Å². The summed E-state index contributed by atoms with van der Waals surface area (Å²) in [4.78, 5) is 24.1. The fourth-order valence-corrected chi connectivity index (χ4v) is 5.15. The predicted octanol–water partition coefficient (Wildman–Crippen LogP) is 3.50. The second kappa shape index (κ2) is 10.2. The average Bonchev–Trinajstić information content (AvgIpc) is 3.32. The van der Waals surface area contributed by atoms with Crippen molar-refractivity contribution in [2.24, 2.45) is 0 Å². The number of hydrogen-bond acceptors (Lipinski definition) is 6. The number of ether oxygens (including phenoxy) is 1. The molecule has 3 aromatic carbocycles. The van der Waals surface area contributed by atoms with Gasteiger partial charge in [-0.1, -0.05) is 36.4 Å². The van der Waals surface area contributed by atoms with Crippen molar-refractivity contribution in [2.75, 3.05) is 22.8 Å². The maximum atomic E-state index is 13.1. The van der Waals surface area contributed by atoms with E-state index in [9.17, 15) is 18.0 Å². The summed E-state index contributed by atoms with van der Waals surface area (Å²) in [6, 6.07) is 21.9. The summed E-state index contributed by atoms with van der Waals surface area (Å²) in [5, 5.41) is 11.4. The number of carbonyl (C=O) groups is 2. The van der Waals surface area contributed by atoms with E-state index >= 15 is 0 Å². The van der Waals surface area contributed by atoms with Gasteiger partial charge in [0.1, 0.15) is 0 Å². The van der Waals surface area contributed by atoms with Crippen LogP contribution >= 0.6 is 0 Å². The Morgan fingerprint density at radius 3 is 2.60 bits per heavy atom. The van der Waals surface area contributed by atoms with Crippen LogP contribution in [0.15, 0.2) is 83.8 Å². The molecule has 0 saturated carbocycles. The molecule has 1 aliphatic heterocycles. The summed E-state index contributed by atoms with van der Waals surface area (Å²) in [5.74, 6) is -1.27. The lowest BCUT2D eigenvalue weighted by atomic mass is 10.2.